The second-order valence-electron chi connectivity index (χ2n) is 9.97. The van der Waals surface area contributed by atoms with E-state index in [1.807, 2.05) is 0 Å². The van der Waals surface area contributed by atoms with Gasteiger partial charge in [0.25, 0.3) is 0 Å². The van der Waals surface area contributed by atoms with E-state index in [2.05, 4.69) is 27.7 Å². The summed E-state index contributed by atoms with van der Waals surface area (Å²) in [5.41, 5.74) is 0. The molecular formula is C22H44N2Y+2. The van der Waals surface area contributed by atoms with Crippen molar-refractivity contribution in [1.29, 1.82) is 0 Å². The second-order valence-corrected chi connectivity index (χ2v) is 9.97. The molecule has 1 radical (unpaired) electrons. The molecule has 4 aliphatic rings. The first-order valence-corrected chi connectivity index (χ1v) is 11.2. The van der Waals surface area contributed by atoms with E-state index in [0.29, 0.717) is 0 Å². The molecule has 4 unspecified atom stereocenters. The zero-order valence-electron chi connectivity index (χ0n) is 17.7. The van der Waals surface area contributed by atoms with Gasteiger partial charge in [-0.3, -0.25) is 0 Å². The molecule has 0 N–H and O–H groups in total. The Morgan fingerprint density at radius 1 is 0.680 bits per heavy atom. The van der Waals surface area contributed by atoms with Crippen LogP contribution in [0.25, 0.3) is 0 Å². The molecule has 0 amide bonds. The topological polar surface area (TPSA) is 0 Å². The smallest absolute Gasteiger partial charge is 0.0841 e. The molecular weight excluding hydrogens is 381 g/mol. The maximum Gasteiger partial charge on any atom is 0.0841 e. The van der Waals surface area contributed by atoms with E-state index in [9.17, 15) is 0 Å². The van der Waals surface area contributed by atoms with Gasteiger partial charge < -0.3 is 8.97 Å². The van der Waals surface area contributed by atoms with E-state index in [1.54, 1.807) is 0 Å². The Morgan fingerprint density at radius 2 is 1.16 bits per heavy atom. The van der Waals surface area contributed by atoms with E-state index in [4.69, 9.17) is 0 Å². The van der Waals surface area contributed by atoms with Gasteiger partial charge in [-0.15, -0.1) is 0 Å². The van der Waals surface area contributed by atoms with Crippen molar-refractivity contribution in [2.24, 2.45) is 23.7 Å². The van der Waals surface area contributed by atoms with E-state index in [0.717, 1.165) is 23.7 Å². The predicted molar refractivity (Wildman–Crippen MR) is 104 cm³/mol. The van der Waals surface area contributed by atoms with Gasteiger partial charge in [-0.25, -0.2) is 0 Å². The first kappa shape index (κ1) is 22.3. The van der Waals surface area contributed by atoms with Crippen LogP contribution in [-0.4, -0.2) is 61.3 Å². The minimum atomic E-state index is 0. The molecule has 25 heavy (non-hydrogen) atoms. The average Bonchev–Trinajstić information content (AvgIpc) is 2.93. The van der Waals surface area contributed by atoms with Crippen LogP contribution in [-0.2, 0) is 32.7 Å². The average molecular weight is 426 g/mol. The van der Waals surface area contributed by atoms with Gasteiger partial charge in [0.2, 0.25) is 0 Å². The Balaban J connectivity index is 0.000000173. The summed E-state index contributed by atoms with van der Waals surface area (Å²) in [6, 6.07) is 0. The Hall–Kier alpha value is 1.02. The normalized spacial score (nSPS) is 37.4. The van der Waals surface area contributed by atoms with Gasteiger partial charge in [0.15, 0.2) is 0 Å². The summed E-state index contributed by atoms with van der Waals surface area (Å²) < 4.78 is 2.98. The second kappa shape index (κ2) is 9.48. The van der Waals surface area contributed by atoms with Crippen molar-refractivity contribution in [2.75, 3.05) is 52.4 Å². The van der Waals surface area contributed by atoms with Gasteiger partial charge in [0.1, 0.15) is 0 Å². The number of nitrogens with zero attached hydrogens (tertiary/aromatic N) is 2. The largest absolute Gasteiger partial charge is 0.323 e. The molecule has 0 aromatic carbocycles. The van der Waals surface area contributed by atoms with Crippen LogP contribution in [0, 0.1) is 23.7 Å². The molecule has 0 aromatic heterocycles. The summed E-state index contributed by atoms with van der Waals surface area (Å²) in [7, 11) is 0. The molecule has 4 rings (SSSR count). The summed E-state index contributed by atoms with van der Waals surface area (Å²) in [6.07, 6.45) is 8.72. The van der Waals surface area contributed by atoms with Crippen LogP contribution < -0.4 is 0 Å². The van der Waals surface area contributed by atoms with Crippen molar-refractivity contribution >= 4 is 0 Å². The van der Waals surface area contributed by atoms with Crippen molar-refractivity contribution in [3.05, 3.63) is 0 Å². The van der Waals surface area contributed by atoms with Crippen LogP contribution >= 0.6 is 0 Å². The van der Waals surface area contributed by atoms with Gasteiger partial charge in [-0.1, -0.05) is 27.7 Å². The molecule has 2 spiro atoms. The molecule has 4 saturated heterocycles. The van der Waals surface area contributed by atoms with Crippen LogP contribution in [0.5, 0.6) is 0 Å². The number of quaternary nitrogens is 2. The van der Waals surface area contributed by atoms with Crippen LogP contribution in [0.4, 0.5) is 0 Å². The maximum absolute atomic E-state index is 2.44. The van der Waals surface area contributed by atoms with Crippen LogP contribution in [0.15, 0.2) is 0 Å². The SMILES string of the molecule is CCC1CC(C)C[N+]2(CCC2)C1.CCC1C[N+]2(CCC2)CC1CC.[Y]. The molecule has 0 bridgehead atoms. The van der Waals surface area contributed by atoms with Gasteiger partial charge in [0, 0.05) is 69.2 Å². The zero-order valence-corrected chi connectivity index (χ0v) is 20.5. The maximum atomic E-state index is 2.44. The third-order valence-corrected chi connectivity index (χ3v) is 8.15. The fraction of sp³-hybridized carbons (Fsp3) is 1.00. The molecule has 4 aliphatic heterocycles. The van der Waals surface area contributed by atoms with Gasteiger partial charge in [0.05, 0.1) is 52.4 Å². The standard InChI is InChI=1S/2C11H22N.Y/c1-3-11-7-10(2)8-12(9-11)5-4-6-12;1-3-10-8-12(6-5-7-12)9-11(10)4-2;/h2*10-11H,3-9H2,1-2H3;/q2*+1;. The van der Waals surface area contributed by atoms with Gasteiger partial charge in [-0.2, -0.15) is 0 Å². The van der Waals surface area contributed by atoms with Gasteiger partial charge in [-0.05, 0) is 25.7 Å². The number of rotatable bonds is 3. The molecule has 2 nitrogen and oxygen atoms in total. The minimum Gasteiger partial charge on any atom is -0.323 e. The van der Waals surface area contributed by atoms with Crippen molar-refractivity contribution in [3.63, 3.8) is 0 Å². The summed E-state index contributed by atoms with van der Waals surface area (Å²) in [6.45, 7) is 21.5. The monoisotopic (exact) mass is 425 g/mol. The molecule has 0 aliphatic carbocycles. The first-order chi connectivity index (χ1) is 11.5. The predicted octanol–water partition coefficient (Wildman–Crippen LogP) is 4.54. The molecule has 4 fully saturated rings. The first-order valence-electron chi connectivity index (χ1n) is 11.2. The van der Waals surface area contributed by atoms with E-state index in [1.165, 1.54) is 99.8 Å². The number of piperidine rings is 1. The fourth-order valence-electron chi connectivity index (χ4n) is 6.53. The summed E-state index contributed by atoms with van der Waals surface area (Å²) in [4.78, 5) is 0. The van der Waals surface area contributed by atoms with E-state index in [-0.39, 0.29) is 32.7 Å². The quantitative estimate of drug-likeness (QED) is 0.583. The van der Waals surface area contributed by atoms with Crippen molar-refractivity contribution in [2.45, 2.75) is 66.2 Å². The molecule has 4 atom stereocenters. The van der Waals surface area contributed by atoms with E-state index < -0.39 is 0 Å². The number of hydrogen-bond donors (Lipinski definition) is 0. The molecule has 0 aromatic rings. The van der Waals surface area contributed by atoms with Crippen molar-refractivity contribution in [3.8, 4) is 0 Å². The van der Waals surface area contributed by atoms with E-state index >= 15 is 0 Å². The molecule has 0 saturated carbocycles. The summed E-state index contributed by atoms with van der Waals surface area (Å²) >= 11 is 0. The van der Waals surface area contributed by atoms with Crippen molar-refractivity contribution < 1.29 is 41.7 Å². The van der Waals surface area contributed by atoms with Crippen molar-refractivity contribution in [1.82, 2.24) is 0 Å². The molecule has 4 heterocycles. The number of hydrogen-bond acceptors (Lipinski definition) is 0. The molecule has 3 heteroatoms. The summed E-state index contributed by atoms with van der Waals surface area (Å²) in [5, 5.41) is 0. The third kappa shape index (κ3) is 5.10. The van der Waals surface area contributed by atoms with Crippen LogP contribution in [0.3, 0.4) is 0 Å². The summed E-state index contributed by atoms with van der Waals surface area (Å²) in [5.74, 6) is 4.13. The Bertz CT molecular complexity index is 389. The third-order valence-electron chi connectivity index (χ3n) is 8.15. The van der Waals surface area contributed by atoms with Crippen LogP contribution in [0.2, 0.25) is 0 Å². The Kier molecular flexibility index (Phi) is 8.46. The zero-order chi connectivity index (χ0) is 17.2. The molecule has 143 valence electrons. The Morgan fingerprint density at radius 3 is 1.52 bits per heavy atom. The minimum absolute atomic E-state index is 0. The fourth-order valence-corrected chi connectivity index (χ4v) is 6.53. The Labute approximate surface area is 183 Å². The van der Waals surface area contributed by atoms with Crippen LogP contribution in [0.1, 0.15) is 66.2 Å². The van der Waals surface area contributed by atoms with Gasteiger partial charge >= 0.3 is 0 Å².